The van der Waals surface area contributed by atoms with Crippen molar-refractivity contribution in [3.63, 3.8) is 0 Å². The Bertz CT molecular complexity index is 712. The topological polar surface area (TPSA) is 54.5 Å². The number of nitrogens with zero attached hydrogens (tertiary/aromatic N) is 2. The van der Waals surface area contributed by atoms with Crippen LogP contribution in [0.25, 0.3) is 0 Å². The van der Waals surface area contributed by atoms with Gasteiger partial charge < -0.3 is 15.0 Å². The fraction of sp³-hybridized carbons (Fsp3) is 0.294. The summed E-state index contributed by atoms with van der Waals surface area (Å²) in [5, 5.41) is 3.35. The first-order chi connectivity index (χ1) is 11.4. The molecule has 5 nitrogen and oxygen atoms in total. The van der Waals surface area contributed by atoms with E-state index in [2.05, 4.69) is 26.2 Å². The Labute approximate surface area is 155 Å². The summed E-state index contributed by atoms with van der Waals surface area (Å²) in [5.41, 5.74) is 1.33. The third kappa shape index (κ3) is 4.39. The van der Waals surface area contributed by atoms with Gasteiger partial charge in [0.25, 0.3) is 0 Å². The Morgan fingerprint density at radius 2 is 2.21 bits per heavy atom. The van der Waals surface area contributed by atoms with Gasteiger partial charge in [0, 0.05) is 18.3 Å². The van der Waals surface area contributed by atoms with Gasteiger partial charge in [-0.25, -0.2) is 4.79 Å². The van der Waals surface area contributed by atoms with Gasteiger partial charge in [-0.05, 0) is 54.0 Å². The van der Waals surface area contributed by atoms with E-state index in [9.17, 15) is 4.79 Å². The molecule has 1 atom stereocenters. The van der Waals surface area contributed by atoms with Crippen molar-refractivity contribution in [3.8, 4) is 5.75 Å². The quantitative estimate of drug-likeness (QED) is 0.741. The van der Waals surface area contributed by atoms with Crippen molar-refractivity contribution in [2.45, 2.75) is 19.9 Å². The third-order valence-corrected chi connectivity index (χ3v) is 4.36. The Morgan fingerprint density at radius 1 is 1.46 bits per heavy atom. The standard InChI is InChI=1S/C17H19BrClN3O2/c1-4-24-16-13(18)9-12(19)10-15(16)21-17(23)22(3)11(2)14-7-5-6-8-20-14/h5-11H,4H2,1-3H3,(H,21,23). The number of amides is 2. The van der Waals surface area contributed by atoms with Crippen LogP contribution < -0.4 is 10.1 Å². The van der Waals surface area contributed by atoms with E-state index in [1.807, 2.05) is 32.0 Å². The van der Waals surface area contributed by atoms with E-state index >= 15 is 0 Å². The number of urea groups is 1. The van der Waals surface area contributed by atoms with Crippen molar-refractivity contribution in [2.24, 2.45) is 0 Å². The lowest BCUT2D eigenvalue weighted by Gasteiger charge is -2.25. The Morgan fingerprint density at radius 3 is 2.83 bits per heavy atom. The molecule has 0 saturated heterocycles. The van der Waals surface area contributed by atoms with Gasteiger partial charge in [-0.3, -0.25) is 4.98 Å². The van der Waals surface area contributed by atoms with Crippen molar-refractivity contribution in [1.82, 2.24) is 9.88 Å². The van der Waals surface area contributed by atoms with Gasteiger partial charge in [0.15, 0.2) is 5.75 Å². The molecule has 0 radical (unpaired) electrons. The second kappa shape index (κ2) is 8.35. The van der Waals surface area contributed by atoms with Gasteiger partial charge in [0.1, 0.15) is 0 Å². The van der Waals surface area contributed by atoms with E-state index in [0.29, 0.717) is 27.5 Å². The lowest BCUT2D eigenvalue weighted by atomic mass is 10.2. The third-order valence-electron chi connectivity index (χ3n) is 3.56. The van der Waals surface area contributed by atoms with Crippen LogP contribution in [0.4, 0.5) is 10.5 Å². The van der Waals surface area contributed by atoms with Crippen LogP contribution in [-0.2, 0) is 0 Å². The highest BCUT2D eigenvalue weighted by atomic mass is 79.9. The van der Waals surface area contributed by atoms with Crippen LogP contribution in [0.15, 0.2) is 41.0 Å². The summed E-state index contributed by atoms with van der Waals surface area (Å²) in [5.74, 6) is 0.550. The average molecular weight is 413 g/mol. The smallest absolute Gasteiger partial charge is 0.322 e. The molecule has 2 aromatic rings. The maximum Gasteiger partial charge on any atom is 0.322 e. The van der Waals surface area contributed by atoms with Gasteiger partial charge >= 0.3 is 6.03 Å². The summed E-state index contributed by atoms with van der Waals surface area (Å²) in [7, 11) is 1.72. The molecule has 0 aliphatic rings. The number of nitrogens with one attached hydrogen (secondary N) is 1. The molecule has 24 heavy (non-hydrogen) atoms. The number of anilines is 1. The van der Waals surface area contributed by atoms with Crippen molar-refractivity contribution >= 4 is 39.2 Å². The fourth-order valence-electron chi connectivity index (χ4n) is 2.15. The normalized spacial score (nSPS) is 11.7. The van der Waals surface area contributed by atoms with Gasteiger partial charge in [0.05, 0.1) is 28.5 Å². The van der Waals surface area contributed by atoms with Crippen LogP contribution >= 0.6 is 27.5 Å². The molecule has 1 N–H and O–H groups in total. The van der Waals surface area contributed by atoms with Crippen molar-refractivity contribution in [3.05, 3.63) is 51.7 Å². The number of hydrogen-bond donors (Lipinski definition) is 1. The van der Waals surface area contributed by atoms with E-state index < -0.39 is 0 Å². The Hall–Kier alpha value is -1.79. The van der Waals surface area contributed by atoms with E-state index in [0.717, 1.165) is 5.69 Å². The summed E-state index contributed by atoms with van der Waals surface area (Å²) in [4.78, 5) is 18.4. The molecule has 0 fully saturated rings. The number of benzene rings is 1. The van der Waals surface area contributed by atoms with Crippen molar-refractivity contribution in [2.75, 3.05) is 19.0 Å². The number of carbonyl (C=O) groups is 1. The van der Waals surface area contributed by atoms with Gasteiger partial charge in [-0.2, -0.15) is 0 Å². The fourth-order valence-corrected chi connectivity index (χ4v) is 3.07. The zero-order chi connectivity index (χ0) is 17.7. The van der Waals surface area contributed by atoms with Crippen LogP contribution in [0, 0.1) is 0 Å². The predicted molar refractivity (Wildman–Crippen MR) is 99.8 cm³/mol. The largest absolute Gasteiger partial charge is 0.491 e. The first-order valence-corrected chi connectivity index (χ1v) is 8.67. The highest BCUT2D eigenvalue weighted by Gasteiger charge is 2.20. The summed E-state index contributed by atoms with van der Waals surface area (Å²) in [6.07, 6.45) is 1.71. The number of pyridine rings is 1. The predicted octanol–water partition coefficient (Wildman–Crippen LogP) is 5.12. The van der Waals surface area contributed by atoms with Gasteiger partial charge in [0.2, 0.25) is 0 Å². The van der Waals surface area contributed by atoms with Crippen LogP contribution in [0.5, 0.6) is 5.75 Å². The molecule has 2 amide bonds. The van der Waals surface area contributed by atoms with Crippen LogP contribution in [0.1, 0.15) is 25.6 Å². The lowest BCUT2D eigenvalue weighted by Crippen LogP contribution is -2.34. The molecule has 1 aromatic heterocycles. The molecule has 0 spiro atoms. The number of hydrogen-bond acceptors (Lipinski definition) is 3. The summed E-state index contributed by atoms with van der Waals surface area (Å²) >= 11 is 9.49. The van der Waals surface area contributed by atoms with Crippen molar-refractivity contribution in [1.29, 1.82) is 0 Å². The van der Waals surface area contributed by atoms with E-state index in [4.69, 9.17) is 16.3 Å². The van der Waals surface area contributed by atoms with Crippen LogP contribution in [0.2, 0.25) is 5.02 Å². The first-order valence-electron chi connectivity index (χ1n) is 7.50. The number of rotatable bonds is 5. The zero-order valence-electron chi connectivity index (χ0n) is 13.7. The van der Waals surface area contributed by atoms with Gasteiger partial charge in [-0.1, -0.05) is 17.7 Å². The highest BCUT2D eigenvalue weighted by Crippen LogP contribution is 2.37. The molecule has 0 saturated carbocycles. The monoisotopic (exact) mass is 411 g/mol. The number of carbonyl (C=O) groups excluding carboxylic acids is 1. The minimum Gasteiger partial charge on any atom is -0.491 e. The molecule has 7 heteroatoms. The Balaban J connectivity index is 2.20. The molecular weight excluding hydrogens is 394 g/mol. The summed E-state index contributed by atoms with van der Waals surface area (Å²) in [6.45, 7) is 4.27. The first kappa shape index (κ1) is 18.5. The molecule has 2 rings (SSSR count). The molecular formula is C17H19BrClN3O2. The number of halogens is 2. The summed E-state index contributed by atoms with van der Waals surface area (Å²) in [6, 6.07) is 8.56. The van der Waals surface area contributed by atoms with E-state index in [1.54, 1.807) is 30.3 Å². The zero-order valence-corrected chi connectivity index (χ0v) is 16.1. The molecule has 1 heterocycles. The SMILES string of the molecule is CCOc1c(Br)cc(Cl)cc1NC(=O)N(C)C(C)c1ccccn1. The minimum atomic E-state index is -0.275. The molecule has 0 bridgehead atoms. The molecule has 0 aliphatic carbocycles. The Kier molecular flexibility index (Phi) is 6.45. The molecule has 1 aromatic carbocycles. The maximum absolute atomic E-state index is 12.6. The van der Waals surface area contributed by atoms with E-state index in [-0.39, 0.29) is 12.1 Å². The van der Waals surface area contributed by atoms with Crippen LogP contribution in [0.3, 0.4) is 0 Å². The van der Waals surface area contributed by atoms with Gasteiger partial charge in [-0.15, -0.1) is 0 Å². The minimum absolute atomic E-state index is 0.177. The van der Waals surface area contributed by atoms with E-state index in [1.165, 1.54) is 0 Å². The maximum atomic E-state index is 12.6. The highest BCUT2D eigenvalue weighted by molar-refractivity contribution is 9.10. The second-order valence-corrected chi connectivity index (χ2v) is 6.46. The summed E-state index contributed by atoms with van der Waals surface area (Å²) < 4.78 is 6.28. The molecule has 0 aliphatic heterocycles. The lowest BCUT2D eigenvalue weighted by molar-refractivity contribution is 0.207. The molecule has 128 valence electrons. The average Bonchev–Trinajstić information content (AvgIpc) is 2.57. The second-order valence-electron chi connectivity index (χ2n) is 5.17. The van der Waals surface area contributed by atoms with Crippen LogP contribution in [-0.4, -0.2) is 29.6 Å². The van der Waals surface area contributed by atoms with Crippen molar-refractivity contribution < 1.29 is 9.53 Å². The molecule has 1 unspecified atom stereocenters. The number of ether oxygens (including phenoxy) is 1. The number of aromatic nitrogens is 1.